The van der Waals surface area contributed by atoms with Gasteiger partial charge in [0.25, 0.3) is 0 Å². The van der Waals surface area contributed by atoms with Crippen molar-refractivity contribution in [3.05, 3.63) is 95.6 Å². The highest BCUT2D eigenvalue weighted by Crippen LogP contribution is 2.44. The van der Waals surface area contributed by atoms with Crippen LogP contribution >= 0.6 is 0 Å². The fourth-order valence-electron chi connectivity index (χ4n) is 4.20. The van der Waals surface area contributed by atoms with Gasteiger partial charge in [-0.2, -0.15) is 0 Å². The number of hydrogen-bond donors (Lipinski definition) is 2. The highest BCUT2D eigenvalue weighted by Gasteiger charge is 2.30. The van der Waals surface area contributed by atoms with Crippen molar-refractivity contribution in [3.63, 3.8) is 0 Å². The predicted molar refractivity (Wildman–Crippen MR) is 125 cm³/mol. The highest BCUT2D eigenvalue weighted by molar-refractivity contribution is 5.86. The van der Waals surface area contributed by atoms with Crippen LogP contribution in [-0.4, -0.2) is 24.6 Å². The topological polar surface area (TPSA) is 67.4 Å². The zero-order valence-electron chi connectivity index (χ0n) is 18.4. The molecule has 0 spiro atoms. The first-order chi connectivity index (χ1) is 15.5. The first-order valence-electron chi connectivity index (χ1n) is 11.0. The molecule has 164 valence electrons. The molecule has 5 heteroatoms. The van der Waals surface area contributed by atoms with Crippen LogP contribution < -0.4 is 10.6 Å². The maximum Gasteiger partial charge on any atom is 0.407 e. The molecular formula is C27H28N2O3. The zero-order valence-corrected chi connectivity index (χ0v) is 18.4. The minimum atomic E-state index is -0.672. The number of ether oxygens (including phenoxy) is 1. The van der Waals surface area contributed by atoms with Gasteiger partial charge in [0, 0.05) is 12.5 Å². The number of alkyl carbamates (subject to hydrolysis) is 1. The smallest absolute Gasteiger partial charge is 0.407 e. The number of hydrogen-bond acceptors (Lipinski definition) is 3. The van der Waals surface area contributed by atoms with Crippen molar-refractivity contribution >= 4 is 12.0 Å². The van der Waals surface area contributed by atoms with Gasteiger partial charge in [-0.15, -0.1) is 0 Å². The normalized spacial score (nSPS) is 13.2. The summed E-state index contributed by atoms with van der Waals surface area (Å²) in [5, 5.41) is 5.65. The van der Waals surface area contributed by atoms with E-state index in [9.17, 15) is 9.59 Å². The summed E-state index contributed by atoms with van der Waals surface area (Å²) in [6.45, 7) is 4.43. The first kappa shape index (κ1) is 21.6. The Hall–Kier alpha value is -3.60. The van der Waals surface area contributed by atoms with Crippen molar-refractivity contribution in [1.82, 2.24) is 10.6 Å². The molecule has 32 heavy (non-hydrogen) atoms. The van der Waals surface area contributed by atoms with E-state index >= 15 is 0 Å². The van der Waals surface area contributed by atoms with Gasteiger partial charge in [-0.25, -0.2) is 4.79 Å². The van der Waals surface area contributed by atoms with Crippen LogP contribution in [0.25, 0.3) is 11.1 Å². The number of carbonyl (C=O) groups is 2. The molecule has 4 rings (SSSR count). The Labute approximate surface area is 188 Å². The third-order valence-electron chi connectivity index (χ3n) is 5.88. The van der Waals surface area contributed by atoms with Crippen LogP contribution in [0.1, 0.15) is 36.5 Å². The molecule has 5 nitrogen and oxygen atoms in total. The van der Waals surface area contributed by atoms with Gasteiger partial charge in [0.15, 0.2) is 0 Å². The maximum atomic E-state index is 12.7. The molecule has 0 radical (unpaired) electrons. The molecule has 0 saturated heterocycles. The van der Waals surface area contributed by atoms with Crippen molar-refractivity contribution in [2.24, 2.45) is 5.92 Å². The van der Waals surface area contributed by atoms with E-state index in [2.05, 4.69) is 34.9 Å². The number of fused-ring (bicyclic) bond motifs is 3. The second kappa shape index (κ2) is 9.69. The first-order valence-corrected chi connectivity index (χ1v) is 11.0. The van der Waals surface area contributed by atoms with Gasteiger partial charge in [-0.05, 0) is 33.7 Å². The Morgan fingerprint density at radius 3 is 2.00 bits per heavy atom. The van der Waals surface area contributed by atoms with Gasteiger partial charge in [-0.1, -0.05) is 92.7 Å². The quantitative estimate of drug-likeness (QED) is 0.564. The SMILES string of the molecule is CC(C)[C@H](NC(=O)OCC1c2ccccc2-c2ccccc21)C(=O)NCc1ccccc1. The Balaban J connectivity index is 1.37. The van der Waals surface area contributed by atoms with Crippen LogP contribution in [0.15, 0.2) is 78.9 Å². The summed E-state index contributed by atoms with van der Waals surface area (Å²) in [4.78, 5) is 25.3. The minimum Gasteiger partial charge on any atom is -0.449 e. The van der Waals surface area contributed by atoms with E-state index in [0.717, 1.165) is 16.7 Å². The summed E-state index contributed by atoms with van der Waals surface area (Å²) in [6.07, 6.45) is -0.583. The lowest BCUT2D eigenvalue weighted by atomic mass is 9.98. The van der Waals surface area contributed by atoms with Crippen LogP contribution in [-0.2, 0) is 16.1 Å². The summed E-state index contributed by atoms with van der Waals surface area (Å²) < 4.78 is 5.60. The molecule has 1 atom stereocenters. The lowest BCUT2D eigenvalue weighted by molar-refractivity contribution is -0.124. The van der Waals surface area contributed by atoms with Crippen molar-refractivity contribution in [3.8, 4) is 11.1 Å². The number of benzene rings is 3. The van der Waals surface area contributed by atoms with E-state index in [-0.39, 0.29) is 24.3 Å². The third kappa shape index (κ3) is 4.67. The molecular weight excluding hydrogens is 400 g/mol. The number of amides is 2. The summed E-state index contributed by atoms with van der Waals surface area (Å²) in [6, 6.07) is 25.4. The van der Waals surface area contributed by atoms with E-state index in [1.807, 2.05) is 68.4 Å². The monoisotopic (exact) mass is 428 g/mol. The van der Waals surface area contributed by atoms with E-state index in [1.165, 1.54) is 11.1 Å². The summed E-state index contributed by atoms with van der Waals surface area (Å²) in [7, 11) is 0. The Morgan fingerprint density at radius 1 is 0.844 bits per heavy atom. The van der Waals surface area contributed by atoms with Crippen LogP contribution in [0.5, 0.6) is 0 Å². The van der Waals surface area contributed by atoms with Gasteiger partial charge in [-0.3, -0.25) is 4.79 Å². The maximum absolute atomic E-state index is 12.7. The van der Waals surface area contributed by atoms with E-state index < -0.39 is 12.1 Å². The van der Waals surface area contributed by atoms with E-state index in [4.69, 9.17) is 4.74 Å². The zero-order chi connectivity index (χ0) is 22.5. The Morgan fingerprint density at radius 2 is 1.41 bits per heavy atom. The molecule has 0 aromatic heterocycles. The second-order valence-electron chi connectivity index (χ2n) is 8.39. The number of nitrogens with one attached hydrogen (secondary N) is 2. The molecule has 1 aliphatic carbocycles. The second-order valence-corrected chi connectivity index (χ2v) is 8.39. The lowest BCUT2D eigenvalue weighted by Crippen LogP contribution is -2.49. The van der Waals surface area contributed by atoms with Crippen LogP contribution in [0.3, 0.4) is 0 Å². The largest absolute Gasteiger partial charge is 0.449 e. The Bertz CT molecular complexity index is 1050. The standard InChI is InChI=1S/C27H28N2O3/c1-18(2)25(26(30)28-16-19-10-4-3-5-11-19)29-27(31)32-17-24-22-14-8-6-12-20(22)21-13-7-9-15-23(21)24/h3-15,18,24-25H,16-17H2,1-2H3,(H,28,30)(H,29,31)/t25-/m0/s1. The summed E-state index contributed by atoms with van der Waals surface area (Å²) in [5.74, 6) is -0.318. The van der Waals surface area contributed by atoms with Crippen LogP contribution in [0, 0.1) is 5.92 Å². The van der Waals surface area contributed by atoms with Gasteiger partial charge in [0.05, 0.1) is 0 Å². The molecule has 0 aliphatic heterocycles. The molecule has 0 heterocycles. The minimum absolute atomic E-state index is 0.0162. The fraction of sp³-hybridized carbons (Fsp3) is 0.259. The molecule has 0 unspecified atom stereocenters. The van der Waals surface area contributed by atoms with Crippen LogP contribution in [0.2, 0.25) is 0 Å². The van der Waals surface area contributed by atoms with Gasteiger partial charge < -0.3 is 15.4 Å². The van der Waals surface area contributed by atoms with Crippen LogP contribution in [0.4, 0.5) is 4.79 Å². The van der Waals surface area contributed by atoms with E-state index in [0.29, 0.717) is 6.54 Å². The fourth-order valence-corrected chi connectivity index (χ4v) is 4.20. The van der Waals surface area contributed by atoms with Crippen molar-refractivity contribution in [1.29, 1.82) is 0 Å². The van der Waals surface area contributed by atoms with Crippen molar-refractivity contribution < 1.29 is 14.3 Å². The Kier molecular flexibility index (Phi) is 6.55. The van der Waals surface area contributed by atoms with Gasteiger partial charge >= 0.3 is 6.09 Å². The van der Waals surface area contributed by atoms with Crippen molar-refractivity contribution in [2.75, 3.05) is 6.61 Å². The van der Waals surface area contributed by atoms with Gasteiger partial charge in [0.1, 0.15) is 12.6 Å². The average molecular weight is 429 g/mol. The summed E-state index contributed by atoms with van der Waals surface area (Å²) in [5.41, 5.74) is 5.67. The lowest BCUT2D eigenvalue weighted by Gasteiger charge is -2.22. The highest BCUT2D eigenvalue weighted by atomic mass is 16.5. The molecule has 1 aliphatic rings. The van der Waals surface area contributed by atoms with E-state index in [1.54, 1.807) is 0 Å². The number of rotatable bonds is 7. The number of carbonyl (C=O) groups excluding carboxylic acids is 2. The molecule has 0 bridgehead atoms. The third-order valence-corrected chi connectivity index (χ3v) is 5.88. The molecule has 2 N–H and O–H groups in total. The molecule has 0 saturated carbocycles. The molecule has 3 aromatic carbocycles. The van der Waals surface area contributed by atoms with Crippen molar-refractivity contribution in [2.45, 2.75) is 32.4 Å². The molecule has 2 amide bonds. The molecule has 0 fully saturated rings. The average Bonchev–Trinajstić information content (AvgIpc) is 3.14. The summed E-state index contributed by atoms with van der Waals surface area (Å²) >= 11 is 0. The predicted octanol–water partition coefficient (Wildman–Crippen LogP) is 4.87. The van der Waals surface area contributed by atoms with Gasteiger partial charge in [0.2, 0.25) is 5.91 Å². The molecule has 3 aromatic rings.